The molecular formula is C16H19Cl2NO4. The monoisotopic (exact) mass is 359 g/mol. The Labute approximate surface area is 145 Å². The molecule has 1 aromatic rings. The molecule has 1 aromatic carbocycles. The Kier molecular flexibility index (Phi) is 8.51. The first kappa shape index (κ1) is 19.3. The molecule has 0 saturated heterocycles. The zero-order chi connectivity index (χ0) is 17.2. The van der Waals surface area contributed by atoms with E-state index < -0.39 is 5.97 Å². The van der Waals surface area contributed by atoms with Crippen molar-refractivity contribution in [1.29, 1.82) is 0 Å². The minimum atomic E-state index is -0.485. The Morgan fingerprint density at radius 1 is 1.26 bits per heavy atom. The normalized spacial score (nSPS) is 10.0. The first-order valence-corrected chi connectivity index (χ1v) is 7.94. The van der Waals surface area contributed by atoms with Crippen LogP contribution in [0.4, 0.5) is 0 Å². The Balaban J connectivity index is 2.50. The Morgan fingerprint density at radius 3 is 2.48 bits per heavy atom. The van der Waals surface area contributed by atoms with E-state index in [4.69, 9.17) is 32.7 Å². The number of carbonyl (C=O) groups excluding carboxylic acids is 2. The number of hydrogen-bond acceptors (Lipinski definition) is 4. The number of rotatable bonds is 9. The molecule has 1 amide bonds. The highest BCUT2D eigenvalue weighted by Gasteiger charge is 2.14. The maximum absolute atomic E-state index is 11.7. The molecule has 23 heavy (non-hydrogen) atoms. The maximum Gasteiger partial charge on any atom is 0.338 e. The number of benzene rings is 1. The largest absolute Gasteiger partial charge is 0.490 e. The fraction of sp³-hybridized carbons (Fsp3) is 0.375. The molecule has 0 aliphatic heterocycles. The molecule has 0 saturated carbocycles. The first-order chi connectivity index (χ1) is 11.0. The summed E-state index contributed by atoms with van der Waals surface area (Å²) in [4.78, 5) is 22.6. The summed E-state index contributed by atoms with van der Waals surface area (Å²) in [6.45, 7) is 6.29. The van der Waals surface area contributed by atoms with Gasteiger partial charge in [0.1, 0.15) is 0 Å². The second-order valence-corrected chi connectivity index (χ2v) is 5.35. The van der Waals surface area contributed by atoms with Crippen LogP contribution >= 0.6 is 23.2 Å². The number of halogens is 2. The van der Waals surface area contributed by atoms with Gasteiger partial charge in [-0.2, -0.15) is 0 Å². The number of nitrogens with one attached hydrogen (secondary N) is 1. The summed E-state index contributed by atoms with van der Waals surface area (Å²) >= 11 is 12.2. The maximum atomic E-state index is 11.7. The SMILES string of the molecule is C=CC(=O)NCCCCOc1c(Cl)cc(C(=O)OCC)cc1Cl. The van der Waals surface area contributed by atoms with Crippen LogP contribution in [0.1, 0.15) is 30.1 Å². The van der Waals surface area contributed by atoms with Gasteiger partial charge >= 0.3 is 5.97 Å². The number of carbonyl (C=O) groups is 2. The van der Waals surface area contributed by atoms with E-state index in [1.807, 2.05) is 0 Å². The Morgan fingerprint density at radius 2 is 1.91 bits per heavy atom. The van der Waals surface area contributed by atoms with E-state index in [2.05, 4.69) is 11.9 Å². The summed E-state index contributed by atoms with van der Waals surface area (Å²) in [5, 5.41) is 3.17. The average Bonchev–Trinajstić information content (AvgIpc) is 2.52. The lowest BCUT2D eigenvalue weighted by molar-refractivity contribution is -0.116. The van der Waals surface area contributed by atoms with Crippen molar-refractivity contribution in [3.63, 3.8) is 0 Å². The van der Waals surface area contributed by atoms with Crippen LogP contribution in [-0.4, -0.2) is 31.6 Å². The molecule has 0 aromatic heterocycles. The van der Waals surface area contributed by atoms with Gasteiger partial charge < -0.3 is 14.8 Å². The van der Waals surface area contributed by atoms with E-state index in [1.165, 1.54) is 18.2 Å². The molecule has 1 rings (SSSR count). The van der Waals surface area contributed by atoms with Crippen molar-refractivity contribution in [2.75, 3.05) is 19.8 Å². The Bertz CT molecular complexity index is 552. The van der Waals surface area contributed by atoms with E-state index >= 15 is 0 Å². The molecule has 0 fully saturated rings. The van der Waals surface area contributed by atoms with Crippen molar-refractivity contribution in [2.24, 2.45) is 0 Å². The highest BCUT2D eigenvalue weighted by molar-refractivity contribution is 6.37. The zero-order valence-electron chi connectivity index (χ0n) is 12.9. The van der Waals surface area contributed by atoms with E-state index in [-0.39, 0.29) is 28.1 Å². The topological polar surface area (TPSA) is 64.6 Å². The second kappa shape index (κ2) is 10.1. The van der Waals surface area contributed by atoms with Gasteiger partial charge in [-0.3, -0.25) is 4.79 Å². The van der Waals surface area contributed by atoms with Crippen molar-refractivity contribution in [3.8, 4) is 5.75 Å². The van der Waals surface area contributed by atoms with Crippen LogP contribution in [0.5, 0.6) is 5.75 Å². The van der Waals surface area contributed by atoms with Gasteiger partial charge in [-0.05, 0) is 38.0 Å². The summed E-state index contributed by atoms with van der Waals surface area (Å²) in [6, 6.07) is 2.93. The number of esters is 1. The second-order valence-electron chi connectivity index (χ2n) is 4.54. The van der Waals surface area contributed by atoms with E-state index in [1.54, 1.807) is 6.92 Å². The molecule has 0 spiro atoms. The van der Waals surface area contributed by atoms with Gasteiger partial charge in [0.2, 0.25) is 5.91 Å². The van der Waals surface area contributed by atoms with Gasteiger partial charge in [-0.1, -0.05) is 29.8 Å². The minimum Gasteiger partial charge on any atom is -0.490 e. The van der Waals surface area contributed by atoms with Crippen LogP contribution < -0.4 is 10.1 Å². The molecule has 0 atom stereocenters. The third kappa shape index (κ3) is 6.50. The van der Waals surface area contributed by atoms with Gasteiger partial charge in [0.15, 0.2) is 5.75 Å². The molecule has 126 valence electrons. The van der Waals surface area contributed by atoms with Gasteiger partial charge in [0, 0.05) is 6.54 Å². The number of unbranched alkanes of at least 4 members (excludes halogenated alkanes) is 1. The fourth-order valence-electron chi connectivity index (χ4n) is 1.72. The number of ether oxygens (including phenoxy) is 2. The molecule has 1 N–H and O–H groups in total. The van der Waals surface area contributed by atoms with Gasteiger partial charge in [-0.15, -0.1) is 0 Å². The summed E-state index contributed by atoms with van der Waals surface area (Å²) in [7, 11) is 0. The molecule has 0 heterocycles. The minimum absolute atomic E-state index is 0.202. The summed E-state index contributed by atoms with van der Waals surface area (Å²) in [6.07, 6.45) is 2.68. The predicted octanol–water partition coefficient (Wildman–Crippen LogP) is 3.63. The average molecular weight is 360 g/mol. The zero-order valence-corrected chi connectivity index (χ0v) is 14.4. The highest BCUT2D eigenvalue weighted by atomic mass is 35.5. The van der Waals surface area contributed by atoms with Crippen molar-refractivity contribution in [3.05, 3.63) is 40.4 Å². The molecule has 5 nitrogen and oxygen atoms in total. The van der Waals surface area contributed by atoms with Gasteiger partial charge in [0.25, 0.3) is 0 Å². The van der Waals surface area contributed by atoms with E-state index in [0.717, 1.165) is 6.42 Å². The van der Waals surface area contributed by atoms with Crippen molar-refractivity contribution in [2.45, 2.75) is 19.8 Å². The third-order valence-electron chi connectivity index (χ3n) is 2.81. The summed E-state index contributed by atoms with van der Waals surface area (Å²) in [5.41, 5.74) is 0.279. The van der Waals surface area contributed by atoms with Crippen LogP contribution in [-0.2, 0) is 9.53 Å². The molecule has 0 radical (unpaired) electrons. The van der Waals surface area contributed by atoms with Crippen molar-refractivity contribution in [1.82, 2.24) is 5.32 Å². The third-order valence-corrected chi connectivity index (χ3v) is 3.37. The van der Waals surface area contributed by atoms with Crippen LogP contribution in [0.2, 0.25) is 10.0 Å². The predicted molar refractivity (Wildman–Crippen MR) is 90.4 cm³/mol. The lowest BCUT2D eigenvalue weighted by Crippen LogP contribution is -2.22. The summed E-state index contributed by atoms with van der Waals surface area (Å²) < 4.78 is 10.4. The smallest absolute Gasteiger partial charge is 0.338 e. The molecule has 0 aliphatic rings. The lowest BCUT2D eigenvalue weighted by atomic mass is 10.2. The molecule has 0 aliphatic carbocycles. The van der Waals surface area contributed by atoms with Gasteiger partial charge in [-0.25, -0.2) is 4.79 Å². The Hall–Kier alpha value is -1.72. The van der Waals surface area contributed by atoms with Crippen LogP contribution in [0.15, 0.2) is 24.8 Å². The fourth-order valence-corrected chi connectivity index (χ4v) is 2.31. The quantitative estimate of drug-likeness (QED) is 0.415. The number of amides is 1. The van der Waals surface area contributed by atoms with Crippen LogP contribution in [0, 0.1) is 0 Å². The van der Waals surface area contributed by atoms with Crippen molar-refractivity contribution < 1.29 is 19.1 Å². The number of hydrogen-bond donors (Lipinski definition) is 1. The van der Waals surface area contributed by atoms with Crippen molar-refractivity contribution >= 4 is 35.1 Å². The highest BCUT2D eigenvalue weighted by Crippen LogP contribution is 2.34. The molecule has 7 heteroatoms. The van der Waals surface area contributed by atoms with Crippen LogP contribution in [0.25, 0.3) is 0 Å². The standard InChI is InChI=1S/C16H19Cl2NO4/c1-3-14(20)19-7-5-6-8-23-15-12(17)9-11(10-13(15)18)16(21)22-4-2/h3,9-10H,1,4-8H2,2H3,(H,19,20). The van der Waals surface area contributed by atoms with Crippen LogP contribution in [0.3, 0.4) is 0 Å². The van der Waals surface area contributed by atoms with E-state index in [0.29, 0.717) is 25.3 Å². The molecule has 0 unspecified atom stereocenters. The summed E-state index contributed by atoms with van der Waals surface area (Å²) in [5.74, 6) is -0.358. The first-order valence-electron chi connectivity index (χ1n) is 7.18. The molecular weight excluding hydrogens is 341 g/mol. The van der Waals surface area contributed by atoms with Gasteiger partial charge in [0.05, 0.1) is 28.8 Å². The van der Waals surface area contributed by atoms with E-state index in [9.17, 15) is 9.59 Å². The lowest BCUT2D eigenvalue weighted by Gasteiger charge is -2.11. The molecule has 0 bridgehead atoms.